The molecule has 9 nitrogen and oxygen atoms in total. The minimum atomic E-state index is -3.18. The highest BCUT2D eigenvalue weighted by molar-refractivity contribution is 7.89. The fourth-order valence-corrected chi connectivity index (χ4v) is 5.35. The Kier molecular flexibility index (Phi) is 4.95. The minimum absolute atomic E-state index is 0.192. The van der Waals surface area contributed by atoms with Crippen LogP contribution in [0.15, 0.2) is 42.9 Å². The predicted molar refractivity (Wildman–Crippen MR) is 122 cm³/mol. The van der Waals surface area contributed by atoms with Gasteiger partial charge in [0.15, 0.2) is 0 Å². The van der Waals surface area contributed by atoms with Crippen LogP contribution in [0.5, 0.6) is 0 Å². The highest BCUT2D eigenvalue weighted by atomic mass is 32.2. The number of nitrogens with zero attached hydrogens (tertiary/aromatic N) is 4. The van der Waals surface area contributed by atoms with Gasteiger partial charge in [0.1, 0.15) is 17.8 Å². The number of anilines is 2. The van der Waals surface area contributed by atoms with E-state index in [0.29, 0.717) is 31.7 Å². The van der Waals surface area contributed by atoms with Crippen molar-refractivity contribution in [1.29, 1.82) is 0 Å². The molecule has 0 fully saturated rings. The van der Waals surface area contributed by atoms with Gasteiger partial charge in [-0.05, 0) is 42.7 Å². The van der Waals surface area contributed by atoms with Gasteiger partial charge in [-0.15, -0.1) is 0 Å². The van der Waals surface area contributed by atoms with Crippen molar-refractivity contribution in [2.45, 2.75) is 19.8 Å². The van der Waals surface area contributed by atoms with Crippen molar-refractivity contribution >= 4 is 49.0 Å². The first-order valence-corrected chi connectivity index (χ1v) is 11.9. The lowest BCUT2D eigenvalue weighted by molar-refractivity contribution is 0.440. The molecule has 160 valence electrons. The molecule has 4 aromatic rings. The number of rotatable bonds is 6. The molecule has 0 aliphatic carbocycles. The molecule has 31 heavy (non-hydrogen) atoms. The first-order valence-electron chi connectivity index (χ1n) is 10.2. The van der Waals surface area contributed by atoms with Gasteiger partial charge in [-0.1, -0.05) is 13.0 Å². The van der Waals surface area contributed by atoms with Gasteiger partial charge in [-0.2, -0.15) is 9.40 Å². The third-order valence-corrected chi connectivity index (χ3v) is 7.54. The second-order valence-electron chi connectivity index (χ2n) is 7.62. The van der Waals surface area contributed by atoms with Crippen molar-refractivity contribution in [2.24, 2.45) is 0 Å². The predicted octanol–water partition coefficient (Wildman–Crippen LogP) is 3.41. The van der Waals surface area contributed by atoms with Gasteiger partial charge in [0.2, 0.25) is 10.0 Å². The molecule has 0 saturated heterocycles. The van der Waals surface area contributed by atoms with E-state index < -0.39 is 10.0 Å². The largest absolute Gasteiger partial charge is 0.340 e. The van der Waals surface area contributed by atoms with Crippen molar-refractivity contribution in [2.75, 3.05) is 24.2 Å². The second kappa shape index (κ2) is 7.78. The molecule has 1 aromatic carbocycles. The minimum Gasteiger partial charge on any atom is -0.340 e. The van der Waals surface area contributed by atoms with Crippen molar-refractivity contribution in [3.05, 3.63) is 48.6 Å². The Morgan fingerprint density at radius 1 is 1.23 bits per heavy atom. The molecule has 0 amide bonds. The van der Waals surface area contributed by atoms with Crippen molar-refractivity contribution in [3.8, 4) is 0 Å². The SMILES string of the molecule is CCCS(=O)(=O)N1CC=C(c2cc3c(Nc4ccc5[nH]ncc5c4)ncnc3[nH]2)CC1. The Bertz CT molecular complexity index is 1390. The van der Waals surface area contributed by atoms with Crippen LogP contribution in [0, 0.1) is 0 Å². The van der Waals surface area contributed by atoms with Crippen LogP contribution in [0.25, 0.3) is 27.5 Å². The highest BCUT2D eigenvalue weighted by Gasteiger charge is 2.24. The molecule has 4 heterocycles. The molecule has 1 aliphatic rings. The van der Waals surface area contributed by atoms with Crippen LogP contribution < -0.4 is 5.32 Å². The molecule has 0 unspecified atom stereocenters. The van der Waals surface area contributed by atoms with E-state index in [1.165, 1.54) is 6.33 Å². The zero-order valence-electron chi connectivity index (χ0n) is 17.1. The summed E-state index contributed by atoms with van der Waals surface area (Å²) in [6, 6.07) is 7.97. The van der Waals surface area contributed by atoms with E-state index in [1.54, 1.807) is 10.5 Å². The maximum atomic E-state index is 12.3. The number of benzene rings is 1. The average Bonchev–Trinajstić information content (AvgIpc) is 3.41. The lowest BCUT2D eigenvalue weighted by Gasteiger charge is -2.25. The van der Waals surface area contributed by atoms with E-state index in [9.17, 15) is 8.42 Å². The van der Waals surface area contributed by atoms with Crippen molar-refractivity contribution in [1.82, 2.24) is 29.5 Å². The molecule has 0 saturated carbocycles. The fourth-order valence-electron chi connectivity index (χ4n) is 3.90. The molecule has 5 rings (SSSR count). The quantitative estimate of drug-likeness (QED) is 0.425. The smallest absolute Gasteiger partial charge is 0.214 e. The molecule has 0 spiro atoms. The van der Waals surface area contributed by atoms with Crippen molar-refractivity contribution in [3.63, 3.8) is 0 Å². The third-order valence-electron chi connectivity index (χ3n) is 5.50. The summed E-state index contributed by atoms with van der Waals surface area (Å²) in [4.78, 5) is 12.1. The van der Waals surface area contributed by atoms with Crippen LogP contribution >= 0.6 is 0 Å². The number of sulfonamides is 1. The van der Waals surface area contributed by atoms with E-state index in [2.05, 4.69) is 30.5 Å². The van der Waals surface area contributed by atoms with Gasteiger partial charge in [-0.25, -0.2) is 18.4 Å². The number of hydrogen-bond acceptors (Lipinski definition) is 6. The molecule has 0 radical (unpaired) electrons. The maximum Gasteiger partial charge on any atom is 0.214 e. The maximum absolute atomic E-state index is 12.3. The van der Waals surface area contributed by atoms with Gasteiger partial charge in [0.25, 0.3) is 0 Å². The summed E-state index contributed by atoms with van der Waals surface area (Å²) in [7, 11) is -3.18. The number of aromatic nitrogens is 5. The molecule has 3 N–H and O–H groups in total. The van der Waals surface area contributed by atoms with E-state index in [1.807, 2.05) is 37.3 Å². The van der Waals surface area contributed by atoms with Gasteiger partial charge in [0.05, 0.1) is 22.9 Å². The standard InChI is InChI=1S/C21H23N7O2S/c1-2-9-31(29,30)28-7-5-14(6-8-28)19-11-17-20(22-13-23-21(17)26-19)25-16-3-4-18-15(10-16)12-24-27-18/h3-5,10-13H,2,6-9H2,1H3,(H,24,27)(H2,22,23,25,26). The van der Waals surface area contributed by atoms with Crippen molar-refractivity contribution < 1.29 is 8.42 Å². The Balaban J connectivity index is 1.41. The molecular weight excluding hydrogens is 414 g/mol. The lowest BCUT2D eigenvalue weighted by atomic mass is 10.1. The monoisotopic (exact) mass is 437 g/mol. The summed E-state index contributed by atoms with van der Waals surface area (Å²) in [5.74, 6) is 0.900. The number of nitrogens with one attached hydrogen (secondary N) is 3. The van der Waals surface area contributed by atoms with Gasteiger partial charge < -0.3 is 10.3 Å². The summed E-state index contributed by atoms with van der Waals surface area (Å²) >= 11 is 0. The topological polar surface area (TPSA) is 120 Å². The van der Waals surface area contributed by atoms with Crippen LogP contribution in [0.4, 0.5) is 11.5 Å². The van der Waals surface area contributed by atoms with E-state index in [4.69, 9.17) is 0 Å². The number of aromatic amines is 2. The molecule has 1 aliphatic heterocycles. The van der Waals surface area contributed by atoms with E-state index in [0.717, 1.165) is 38.9 Å². The summed E-state index contributed by atoms with van der Waals surface area (Å²) in [5.41, 5.74) is 4.65. The van der Waals surface area contributed by atoms with E-state index >= 15 is 0 Å². The zero-order chi connectivity index (χ0) is 21.4. The Hall–Kier alpha value is -3.24. The second-order valence-corrected chi connectivity index (χ2v) is 9.71. The zero-order valence-corrected chi connectivity index (χ0v) is 17.9. The van der Waals surface area contributed by atoms with Crippen LogP contribution in [-0.2, 0) is 10.0 Å². The van der Waals surface area contributed by atoms with Gasteiger partial charge in [-0.3, -0.25) is 5.10 Å². The van der Waals surface area contributed by atoms with Gasteiger partial charge in [0, 0.05) is 29.9 Å². The molecule has 3 aromatic heterocycles. The van der Waals surface area contributed by atoms with Gasteiger partial charge >= 0.3 is 0 Å². The van der Waals surface area contributed by atoms with Crippen LogP contribution in [0.2, 0.25) is 0 Å². The Labute approximate surface area is 179 Å². The molecule has 0 atom stereocenters. The highest BCUT2D eigenvalue weighted by Crippen LogP contribution is 2.30. The summed E-state index contributed by atoms with van der Waals surface area (Å²) in [5, 5.41) is 12.3. The molecule has 10 heteroatoms. The van der Waals surface area contributed by atoms with Crippen LogP contribution in [0.1, 0.15) is 25.5 Å². The Morgan fingerprint density at radius 2 is 2.13 bits per heavy atom. The third kappa shape index (κ3) is 3.79. The lowest BCUT2D eigenvalue weighted by Crippen LogP contribution is -2.36. The first kappa shape index (κ1) is 19.7. The summed E-state index contributed by atoms with van der Waals surface area (Å²) in [6.45, 7) is 2.77. The first-order chi connectivity index (χ1) is 15.0. The fraction of sp³-hybridized carbons (Fsp3) is 0.286. The summed E-state index contributed by atoms with van der Waals surface area (Å²) in [6.07, 6.45) is 6.57. The average molecular weight is 438 g/mol. The van der Waals surface area contributed by atoms with Crippen LogP contribution in [0.3, 0.4) is 0 Å². The van der Waals surface area contributed by atoms with E-state index in [-0.39, 0.29) is 5.75 Å². The normalized spacial score (nSPS) is 15.5. The number of hydrogen-bond donors (Lipinski definition) is 3. The number of H-pyrrole nitrogens is 2. The van der Waals surface area contributed by atoms with Crippen LogP contribution in [-0.4, -0.2) is 56.7 Å². The Morgan fingerprint density at radius 3 is 2.94 bits per heavy atom. The summed E-state index contributed by atoms with van der Waals surface area (Å²) < 4.78 is 26.2. The number of fused-ring (bicyclic) bond motifs is 2. The molecule has 0 bridgehead atoms. The molecular formula is C21H23N7O2S.